The minimum absolute atomic E-state index is 0.0903. The number of methoxy groups -OCH3 is 1. The van der Waals surface area contributed by atoms with E-state index in [1.54, 1.807) is 37.5 Å². The Labute approximate surface area is 131 Å². The van der Waals surface area contributed by atoms with Crippen LogP contribution < -0.4 is 4.74 Å². The van der Waals surface area contributed by atoms with Crippen molar-refractivity contribution in [1.82, 2.24) is 0 Å². The van der Waals surface area contributed by atoms with Crippen molar-refractivity contribution in [1.29, 1.82) is 0 Å². The molecular weight excluding hydrogens is 280 g/mol. The molecule has 1 aliphatic carbocycles. The van der Waals surface area contributed by atoms with E-state index >= 15 is 0 Å². The molecule has 0 N–H and O–H groups in total. The standard InChI is InChI=1S/C18H22O4/c1-21-16-12-10-14(11-13-16)18(20)22-17-8-4-2-6-15(19)7-3-5-9-17/h2,6,10-13,17H,3-5,7-9H2,1H3/b6-2-. The van der Waals surface area contributed by atoms with E-state index < -0.39 is 0 Å². The largest absolute Gasteiger partial charge is 0.497 e. The fraction of sp³-hybridized carbons (Fsp3) is 0.444. The van der Waals surface area contributed by atoms with Gasteiger partial charge in [0.25, 0.3) is 0 Å². The minimum Gasteiger partial charge on any atom is -0.497 e. The molecule has 0 amide bonds. The molecule has 0 heterocycles. The van der Waals surface area contributed by atoms with Crippen molar-refractivity contribution in [3.63, 3.8) is 0 Å². The molecule has 0 saturated heterocycles. The van der Waals surface area contributed by atoms with Crippen LogP contribution in [0.2, 0.25) is 0 Å². The van der Waals surface area contributed by atoms with Crippen molar-refractivity contribution in [2.24, 2.45) is 0 Å². The van der Waals surface area contributed by atoms with Crippen LogP contribution in [0.1, 0.15) is 48.9 Å². The summed E-state index contributed by atoms with van der Waals surface area (Å²) in [6.07, 6.45) is 8.08. The van der Waals surface area contributed by atoms with E-state index in [2.05, 4.69) is 0 Å². The summed E-state index contributed by atoms with van der Waals surface area (Å²) >= 11 is 0. The monoisotopic (exact) mass is 302 g/mol. The fourth-order valence-corrected chi connectivity index (χ4v) is 2.46. The molecule has 2 rings (SSSR count). The van der Waals surface area contributed by atoms with Gasteiger partial charge in [0.1, 0.15) is 11.9 Å². The number of carbonyl (C=O) groups is 2. The quantitative estimate of drug-likeness (QED) is 0.799. The lowest BCUT2D eigenvalue weighted by molar-refractivity contribution is -0.114. The highest BCUT2D eigenvalue weighted by atomic mass is 16.5. The Morgan fingerprint density at radius 2 is 1.91 bits per heavy atom. The van der Waals surface area contributed by atoms with Gasteiger partial charge in [0.15, 0.2) is 5.78 Å². The van der Waals surface area contributed by atoms with Crippen LogP contribution in [0, 0.1) is 0 Å². The summed E-state index contributed by atoms with van der Waals surface area (Å²) in [5.74, 6) is 0.600. The van der Waals surface area contributed by atoms with Gasteiger partial charge in [0, 0.05) is 6.42 Å². The van der Waals surface area contributed by atoms with Crippen LogP contribution in [-0.4, -0.2) is 25.0 Å². The predicted molar refractivity (Wildman–Crippen MR) is 84.0 cm³/mol. The van der Waals surface area contributed by atoms with E-state index in [-0.39, 0.29) is 17.9 Å². The lowest BCUT2D eigenvalue weighted by Crippen LogP contribution is -2.19. The third kappa shape index (κ3) is 5.02. The van der Waals surface area contributed by atoms with Gasteiger partial charge in [-0.3, -0.25) is 4.79 Å². The Kier molecular flexibility index (Phi) is 6.19. The summed E-state index contributed by atoms with van der Waals surface area (Å²) in [7, 11) is 1.59. The SMILES string of the molecule is COc1ccc(C(=O)OC2CC/C=C\C(=O)CCCC2)cc1. The first-order valence-electron chi connectivity index (χ1n) is 7.73. The first kappa shape index (κ1) is 16.3. The summed E-state index contributed by atoms with van der Waals surface area (Å²) < 4.78 is 10.7. The molecule has 1 unspecified atom stereocenters. The topological polar surface area (TPSA) is 52.6 Å². The molecular formula is C18H22O4. The summed E-state index contributed by atoms with van der Waals surface area (Å²) in [5.41, 5.74) is 0.531. The van der Waals surface area contributed by atoms with E-state index in [1.807, 2.05) is 6.08 Å². The second kappa shape index (κ2) is 8.37. The van der Waals surface area contributed by atoms with Gasteiger partial charge in [-0.05, 0) is 62.4 Å². The molecule has 1 aromatic rings. The second-order valence-electron chi connectivity index (χ2n) is 5.45. The van der Waals surface area contributed by atoms with Gasteiger partial charge in [-0.2, -0.15) is 0 Å². The van der Waals surface area contributed by atoms with Crippen LogP contribution >= 0.6 is 0 Å². The molecule has 0 aliphatic heterocycles. The first-order chi connectivity index (χ1) is 10.7. The van der Waals surface area contributed by atoms with Gasteiger partial charge < -0.3 is 9.47 Å². The maximum absolute atomic E-state index is 12.2. The average molecular weight is 302 g/mol. The number of benzene rings is 1. The maximum atomic E-state index is 12.2. The van der Waals surface area contributed by atoms with Crippen LogP contribution in [0.15, 0.2) is 36.4 Å². The number of hydrogen-bond donors (Lipinski definition) is 0. The summed E-state index contributed by atoms with van der Waals surface area (Å²) in [5, 5.41) is 0. The summed E-state index contributed by atoms with van der Waals surface area (Å²) in [6.45, 7) is 0. The number of carbonyl (C=O) groups excluding carboxylic acids is 2. The molecule has 22 heavy (non-hydrogen) atoms. The highest BCUT2D eigenvalue weighted by Crippen LogP contribution is 2.18. The zero-order valence-corrected chi connectivity index (χ0v) is 12.9. The van der Waals surface area contributed by atoms with E-state index in [4.69, 9.17) is 9.47 Å². The second-order valence-corrected chi connectivity index (χ2v) is 5.45. The Balaban J connectivity index is 1.93. The predicted octanol–water partition coefficient (Wildman–Crippen LogP) is 3.70. The van der Waals surface area contributed by atoms with Crippen molar-refractivity contribution in [3.8, 4) is 5.75 Å². The highest BCUT2D eigenvalue weighted by Gasteiger charge is 2.16. The molecule has 4 nitrogen and oxygen atoms in total. The highest BCUT2D eigenvalue weighted by molar-refractivity contribution is 5.90. The zero-order valence-electron chi connectivity index (χ0n) is 12.9. The Hall–Kier alpha value is -2.10. The minimum atomic E-state index is -0.301. The van der Waals surface area contributed by atoms with Crippen molar-refractivity contribution in [2.45, 2.75) is 44.6 Å². The van der Waals surface area contributed by atoms with Crippen LogP contribution in [0.25, 0.3) is 0 Å². The van der Waals surface area contributed by atoms with Crippen molar-refractivity contribution < 1.29 is 19.1 Å². The fourth-order valence-electron chi connectivity index (χ4n) is 2.46. The lowest BCUT2D eigenvalue weighted by atomic mass is 10.0. The van der Waals surface area contributed by atoms with E-state index in [1.165, 1.54) is 0 Å². The van der Waals surface area contributed by atoms with Crippen LogP contribution in [0.5, 0.6) is 5.75 Å². The van der Waals surface area contributed by atoms with Gasteiger partial charge in [-0.1, -0.05) is 6.08 Å². The number of ether oxygens (including phenoxy) is 2. The molecule has 0 aromatic heterocycles. The average Bonchev–Trinajstić information content (AvgIpc) is 2.55. The van der Waals surface area contributed by atoms with E-state index in [0.29, 0.717) is 17.7 Å². The van der Waals surface area contributed by atoms with E-state index in [9.17, 15) is 9.59 Å². The third-order valence-electron chi connectivity index (χ3n) is 3.76. The van der Waals surface area contributed by atoms with E-state index in [0.717, 1.165) is 32.1 Å². The molecule has 0 saturated carbocycles. The molecule has 1 atom stereocenters. The number of rotatable bonds is 3. The molecule has 0 fully saturated rings. The zero-order chi connectivity index (χ0) is 15.8. The normalized spacial score (nSPS) is 21.0. The lowest BCUT2D eigenvalue weighted by Gasteiger charge is -2.18. The Bertz CT molecular complexity index is 531. The molecule has 1 aliphatic rings. The smallest absolute Gasteiger partial charge is 0.338 e. The van der Waals surface area contributed by atoms with Crippen molar-refractivity contribution in [2.75, 3.05) is 7.11 Å². The summed E-state index contributed by atoms with van der Waals surface area (Å²) in [6, 6.07) is 6.91. The number of esters is 1. The van der Waals surface area contributed by atoms with Gasteiger partial charge in [0.2, 0.25) is 0 Å². The number of hydrogen-bond acceptors (Lipinski definition) is 4. The molecule has 0 spiro atoms. The van der Waals surface area contributed by atoms with Crippen LogP contribution in [0.4, 0.5) is 0 Å². The molecule has 0 bridgehead atoms. The molecule has 0 radical (unpaired) electrons. The maximum Gasteiger partial charge on any atom is 0.338 e. The summed E-state index contributed by atoms with van der Waals surface area (Å²) in [4.78, 5) is 23.6. The van der Waals surface area contributed by atoms with Crippen molar-refractivity contribution in [3.05, 3.63) is 42.0 Å². The van der Waals surface area contributed by atoms with Crippen LogP contribution in [-0.2, 0) is 9.53 Å². The molecule has 1 aromatic carbocycles. The third-order valence-corrected chi connectivity index (χ3v) is 3.76. The van der Waals surface area contributed by atoms with Gasteiger partial charge in [-0.25, -0.2) is 4.79 Å². The van der Waals surface area contributed by atoms with Crippen molar-refractivity contribution >= 4 is 11.8 Å². The number of allylic oxidation sites excluding steroid dienone is 2. The molecule has 4 heteroatoms. The van der Waals surface area contributed by atoms with Crippen LogP contribution in [0.3, 0.4) is 0 Å². The Morgan fingerprint density at radius 3 is 2.64 bits per heavy atom. The van der Waals surface area contributed by atoms with Gasteiger partial charge in [0.05, 0.1) is 12.7 Å². The van der Waals surface area contributed by atoms with Gasteiger partial charge >= 0.3 is 5.97 Å². The van der Waals surface area contributed by atoms with Gasteiger partial charge in [-0.15, -0.1) is 0 Å². The Morgan fingerprint density at radius 1 is 1.14 bits per heavy atom. The first-order valence-corrected chi connectivity index (χ1v) is 7.73. The molecule has 118 valence electrons. The number of ketones is 1.